The average Bonchev–Trinajstić information content (AvgIpc) is 3.39. The molecular formula is C21H19NO5S. The topological polar surface area (TPSA) is 66.9 Å². The van der Waals surface area contributed by atoms with Crippen molar-refractivity contribution < 1.29 is 23.7 Å². The third-order valence-electron chi connectivity index (χ3n) is 4.32. The predicted molar refractivity (Wildman–Crippen MR) is 105 cm³/mol. The first-order valence-corrected chi connectivity index (χ1v) is 9.73. The number of hydrogen-bond donors (Lipinski definition) is 0. The molecule has 28 heavy (non-hydrogen) atoms. The van der Waals surface area contributed by atoms with E-state index in [0.29, 0.717) is 12.8 Å². The Morgan fingerprint density at radius 1 is 1.18 bits per heavy atom. The van der Waals surface area contributed by atoms with Gasteiger partial charge in [0.05, 0.1) is 18.4 Å². The normalized spacial score (nSPS) is 12.0. The van der Waals surface area contributed by atoms with Gasteiger partial charge in [0.25, 0.3) is 0 Å². The number of fused-ring (bicyclic) bond motifs is 1. The maximum absolute atomic E-state index is 12.1. The van der Waals surface area contributed by atoms with E-state index in [0.717, 1.165) is 39.1 Å². The molecule has 0 radical (unpaired) electrons. The van der Waals surface area contributed by atoms with Crippen molar-refractivity contribution in [1.29, 1.82) is 0 Å². The molecule has 3 aromatic rings. The van der Waals surface area contributed by atoms with E-state index in [1.165, 1.54) is 11.3 Å². The van der Waals surface area contributed by atoms with Crippen LogP contribution in [0.15, 0.2) is 47.8 Å². The zero-order valence-corrected chi connectivity index (χ0v) is 16.2. The summed E-state index contributed by atoms with van der Waals surface area (Å²) in [5.41, 5.74) is 2.66. The van der Waals surface area contributed by atoms with Gasteiger partial charge in [0.15, 0.2) is 11.5 Å². The summed E-state index contributed by atoms with van der Waals surface area (Å²) < 4.78 is 21.4. The number of ether oxygens (including phenoxy) is 4. The molecule has 4 rings (SSSR count). The van der Waals surface area contributed by atoms with Crippen molar-refractivity contribution in [2.45, 2.75) is 19.4 Å². The van der Waals surface area contributed by atoms with Gasteiger partial charge in [-0.05, 0) is 36.2 Å². The lowest BCUT2D eigenvalue weighted by molar-refractivity contribution is -0.145. The summed E-state index contributed by atoms with van der Waals surface area (Å²) in [5.74, 6) is 1.96. The number of esters is 1. The second kappa shape index (κ2) is 8.31. The standard InChI is InChI=1S/C21H19NO5S/c1-24-17-5-3-2-4-16(17)21-22-15(12-28-21)11-25-20(23)9-7-14-6-8-18-19(10-14)27-13-26-18/h2-6,8,10,12H,7,9,11,13H2,1H3. The molecule has 0 N–H and O–H groups in total. The van der Waals surface area contributed by atoms with Crippen molar-refractivity contribution in [3.63, 3.8) is 0 Å². The van der Waals surface area contributed by atoms with Crippen LogP contribution in [0.3, 0.4) is 0 Å². The molecule has 7 heteroatoms. The maximum atomic E-state index is 12.1. The molecule has 0 amide bonds. The molecule has 0 bridgehead atoms. The third-order valence-corrected chi connectivity index (χ3v) is 5.25. The zero-order chi connectivity index (χ0) is 19.3. The van der Waals surface area contributed by atoms with E-state index in [4.69, 9.17) is 18.9 Å². The molecule has 0 unspecified atom stereocenters. The summed E-state index contributed by atoms with van der Waals surface area (Å²) in [4.78, 5) is 16.6. The molecule has 0 spiro atoms. The van der Waals surface area contributed by atoms with Gasteiger partial charge >= 0.3 is 5.97 Å². The largest absolute Gasteiger partial charge is 0.496 e. The molecule has 0 atom stereocenters. The minimum Gasteiger partial charge on any atom is -0.496 e. The van der Waals surface area contributed by atoms with Gasteiger partial charge in [-0.2, -0.15) is 0 Å². The fraction of sp³-hybridized carbons (Fsp3) is 0.238. The molecule has 0 fully saturated rings. The van der Waals surface area contributed by atoms with E-state index in [2.05, 4.69) is 4.98 Å². The Kier molecular flexibility index (Phi) is 5.43. The predicted octanol–water partition coefficient (Wildman–Crippen LogP) is 4.22. The van der Waals surface area contributed by atoms with Gasteiger partial charge in [0.1, 0.15) is 17.4 Å². The monoisotopic (exact) mass is 397 g/mol. The Morgan fingerprint density at radius 2 is 2.04 bits per heavy atom. The van der Waals surface area contributed by atoms with Crippen LogP contribution in [-0.2, 0) is 22.6 Å². The van der Waals surface area contributed by atoms with Gasteiger partial charge in [-0.15, -0.1) is 11.3 Å². The first-order chi connectivity index (χ1) is 13.7. The number of benzene rings is 2. The second-order valence-electron chi connectivity index (χ2n) is 6.19. The van der Waals surface area contributed by atoms with Crippen LogP contribution in [0.5, 0.6) is 17.2 Å². The molecule has 0 saturated carbocycles. The van der Waals surface area contributed by atoms with Crippen LogP contribution in [0.1, 0.15) is 17.7 Å². The summed E-state index contributed by atoms with van der Waals surface area (Å²) in [6, 6.07) is 13.4. The smallest absolute Gasteiger partial charge is 0.306 e. The molecule has 144 valence electrons. The van der Waals surface area contributed by atoms with Crippen LogP contribution in [0, 0.1) is 0 Å². The quantitative estimate of drug-likeness (QED) is 0.556. The zero-order valence-electron chi connectivity index (χ0n) is 15.3. The summed E-state index contributed by atoms with van der Waals surface area (Å²) in [7, 11) is 1.63. The molecule has 1 aliphatic heterocycles. The number of para-hydroxylation sites is 1. The number of thiazole rings is 1. The van der Waals surface area contributed by atoms with Crippen LogP contribution in [0.2, 0.25) is 0 Å². The van der Waals surface area contributed by atoms with Crippen LogP contribution < -0.4 is 14.2 Å². The van der Waals surface area contributed by atoms with Crippen LogP contribution in [0.25, 0.3) is 10.6 Å². The van der Waals surface area contributed by atoms with E-state index >= 15 is 0 Å². The van der Waals surface area contributed by atoms with Crippen LogP contribution >= 0.6 is 11.3 Å². The summed E-state index contributed by atoms with van der Waals surface area (Å²) in [6.45, 7) is 0.400. The Bertz CT molecular complexity index is 984. The van der Waals surface area contributed by atoms with Gasteiger partial charge in [-0.25, -0.2) is 4.98 Å². The lowest BCUT2D eigenvalue weighted by atomic mass is 10.1. The van der Waals surface area contributed by atoms with Gasteiger partial charge in [0, 0.05) is 11.8 Å². The van der Waals surface area contributed by atoms with Gasteiger partial charge in [0.2, 0.25) is 6.79 Å². The molecule has 1 aromatic heterocycles. The fourth-order valence-corrected chi connectivity index (χ4v) is 3.72. The number of hydrogen-bond acceptors (Lipinski definition) is 7. The van der Waals surface area contributed by atoms with Crippen molar-refractivity contribution in [1.82, 2.24) is 4.98 Å². The molecule has 0 aliphatic carbocycles. The van der Waals surface area contributed by atoms with Crippen LogP contribution in [-0.4, -0.2) is 24.9 Å². The van der Waals surface area contributed by atoms with Gasteiger partial charge in [-0.3, -0.25) is 4.79 Å². The number of methoxy groups -OCH3 is 1. The van der Waals surface area contributed by atoms with Crippen molar-refractivity contribution in [2.75, 3.05) is 13.9 Å². The molecular weight excluding hydrogens is 378 g/mol. The number of carbonyl (C=O) groups excluding carboxylic acids is 1. The van der Waals surface area contributed by atoms with Crippen molar-refractivity contribution in [3.8, 4) is 27.8 Å². The Labute approximate surface area is 166 Å². The maximum Gasteiger partial charge on any atom is 0.306 e. The Morgan fingerprint density at radius 3 is 2.93 bits per heavy atom. The Hall–Kier alpha value is -3.06. The Balaban J connectivity index is 1.30. The number of rotatable bonds is 7. The van der Waals surface area contributed by atoms with E-state index in [9.17, 15) is 4.79 Å². The first-order valence-electron chi connectivity index (χ1n) is 8.85. The molecule has 2 heterocycles. The molecule has 0 saturated heterocycles. The number of carbonyl (C=O) groups is 1. The number of aromatic nitrogens is 1. The average molecular weight is 397 g/mol. The van der Waals surface area contributed by atoms with E-state index in [1.54, 1.807) is 7.11 Å². The van der Waals surface area contributed by atoms with Crippen molar-refractivity contribution in [2.24, 2.45) is 0 Å². The fourth-order valence-electron chi connectivity index (χ4n) is 2.89. The summed E-state index contributed by atoms with van der Waals surface area (Å²) >= 11 is 1.50. The van der Waals surface area contributed by atoms with Gasteiger partial charge in [-0.1, -0.05) is 18.2 Å². The minimum absolute atomic E-state index is 0.158. The van der Waals surface area contributed by atoms with Crippen LogP contribution in [0.4, 0.5) is 0 Å². The van der Waals surface area contributed by atoms with Crippen molar-refractivity contribution in [3.05, 3.63) is 59.1 Å². The summed E-state index contributed by atoms with van der Waals surface area (Å²) in [5, 5.41) is 2.73. The lowest BCUT2D eigenvalue weighted by Gasteiger charge is -2.05. The highest BCUT2D eigenvalue weighted by molar-refractivity contribution is 7.13. The molecule has 2 aromatic carbocycles. The SMILES string of the molecule is COc1ccccc1-c1nc(COC(=O)CCc2ccc3c(c2)OCO3)cs1. The highest BCUT2D eigenvalue weighted by atomic mass is 32.1. The van der Waals surface area contributed by atoms with E-state index in [1.807, 2.05) is 47.8 Å². The van der Waals surface area contributed by atoms with Gasteiger partial charge < -0.3 is 18.9 Å². The number of nitrogens with zero attached hydrogens (tertiary/aromatic N) is 1. The lowest BCUT2D eigenvalue weighted by Crippen LogP contribution is -2.06. The van der Waals surface area contributed by atoms with Crippen molar-refractivity contribution >= 4 is 17.3 Å². The molecule has 6 nitrogen and oxygen atoms in total. The third kappa shape index (κ3) is 4.09. The second-order valence-corrected chi connectivity index (χ2v) is 7.05. The summed E-state index contributed by atoms with van der Waals surface area (Å²) in [6.07, 6.45) is 0.877. The minimum atomic E-state index is -0.260. The van der Waals surface area contributed by atoms with E-state index in [-0.39, 0.29) is 19.4 Å². The highest BCUT2D eigenvalue weighted by Gasteiger charge is 2.14. The number of aryl methyl sites for hydroxylation is 1. The van der Waals surface area contributed by atoms with E-state index < -0.39 is 0 Å². The first kappa shape index (κ1) is 18.3. The molecule has 1 aliphatic rings. The highest BCUT2D eigenvalue weighted by Crippen LogP contribution is 2.33.